The number of aryl methyl sites for hydroxylation is 2. The van der Waals surface area contributed by atoms with Gasteiger partial charge in [0.05, 0.1) is 14.2 Å². The molecular weight excluding hydrogens is 260 g/mol. The van der Waals surface area contributed by atoms with E-state index in [4.69, 9.17) is 9.47 Å². The second-order valence-corrected chi connectivity index (χ2v) is 5.71. The van der Waals surface area contributed by atoms with Crippen molar-refractivity contribution in [2.24, 2.45) is 0 Å². The third-order valence-electron chi connectivity index (χ3n) is 3.05. The standard InChI is InChI=1S/C15H18O3S/c1-9-7-10(2)19-15(9)14(16)11-5-6-12(17-3)13(8-11)18-4/h5-8,14,16H,1-4H3. The highest BCUT2D eigenvalue weighted by molar-refractivity contribution is 7.12. The van der Waals surface area contributed by atoms with Crippen LogP contribution in [0.1, 0.15) is 27.0 Å². The van der Waals surface area contributed by atoms with Crippen LogP contribution in [0.15, 0.2) is 24.3 Å². The summed E-state index contributed by atoms with van der Waals surface area (Å²) in [6, 6.07) is 7.58. The second kappa shape index (κ2) is 5.63. The molecule has 0 saturated carbocycles. The first-order valence-electron chi connectivity index (χ1n) is 6.03. The zero-order valence-corrected chi connectivity index (χ0v) is 12.4. The van der Waals surface area contributed by atoms with Crippen LogP contribution in [-0.4, -0.2) is 19.3 Å². The summed E-state index contributed by atoms with van der Waals surface area (Å²) in [5.74, 6) is 1.29. The van der Waals surface area contributed by atoms with Gasteiger partial charge in [-0.3, -0.25) is 0 Å². The van der Waals surface area contributed by atoms with E-state index in [1.165, 1.54) is 4.88 Å². The normalized spacial score (nSPS) is 12.3. The molecule has 1 unspecified atom stereocenters. The van der Waals surface area contributed by atoms with Gasteiger partial charge < -0.3 is 14.6 Å². The number of aliphatic hydroxyl groups is 1. The molecule has 0 spiro atoms. The Morgan fingerprint density at radius 3 is 2.26 bits per heavy atom. The van der Waals surface area contributed by atoms with Crippen molar-refractivity contribution in [3.8, 4) is 11.5 Å². The maximum absolute atomic E-state index is 10.5. The minimum atomic E-state index is -0.626. The van der Waals surface area contributed by atoms with E-state index in [0.29, 0.717) is 11.5 Å². The molecule has 1 N–H and O–H groups in total. The molecule has 0 aliphatic heterocycles. The maximum atomic E-state index is 10.5. The van der Waals surface area contributed by atoms with Crippen LogP contribution < -0.4 is 9.47 Å². The van der Waals surface area contributed by atoms with Gasteiger partial charge in [-0.1, -0.05) is 6.07 Å². The van der Waals surface area contributed by atoms with Crippen molar-refractivity contribution in [3.63, 3.8) is 0 Å². The third kappa shape index (κ3) is 2.74. The lowest BCUT2D eigenvalue weighted by Crippen LogP contribution is -2.00. The zero-order valence-electron chi connectivity index (χ0n) is 11.6. The Labute approximate surface area is 117 Å². The number of hydrogen-bond acceptors (Lipinski definition) is 4. The summed E-state index contributed by atoms with van der Waals surface area (Å²) in [5, 5.41) is 10.5. The Hall–Kier alpha value is -1.52. The SMILES string of the molecule is COc1ccc(C(O)c2sc(C)cc2C)cc1OC. The molecule has 19 heavy (non-hydrogen) atoms. The minimum Gasteiger partial charge on any atom is -0.493 e. The number of hydrogen-bond donors (Lipinski definition) is 1. The molecular formula is C15H18O3S. The summed E-state index contributed by atoms with van der Waals surface area (Å²) in [4.78, 5) is 2.18. The molecule has 1 atom stereocenters. The highest BCUT2D eigenvalue weighted by Gasteiger charge is 2.17. The van der Waals surface area contributed by atoms with Gasteiger partial charge in [0.15, 0.2) is 11.5 Å². The van der Waals surface area contributed by atoms with E-state index in [-0.39, 0.29) is 0 Å². The molecule has 1 heterocycles. The molecule has 0 amide bonds. The van der Waals surface area contributed by atoms with Crippen LogP contribution in [-0.2, 0) is 0 Å². The van der Waals surface area contributed by atoms with E-state index < -0.39 is 6.10 Å². The Kier molecular flexibility index (Phi) is 4.12. The fourth-order valence-electron chi connectivity index (χ4n) is 2.11. The van der Waals surface area contributed by atoms with Gasteiger partial charge in [-0.15, -0.1) is 11.3 Å². The molecule has 3 nitrogen and oxygen atoms in total. The third-order valence-corrected chi connectivity index (χ3v) is 4.26. The molecule has 0 bridgehead atoms. The van der Waals surface area contributed by atoms with Crippen LogP contribution in [0.4, 0.5) is 0 Å². The van der Waals surface area contributed by atoms with Crippen LogP contribution in [0.25, 0.3) is 0 Å². The topological polar surface area (TPSA) is 38.7 Å². The average Bonchev–Trinajstić information content (AvgIpc) is 2.76. The molecule has 0 radical (unpaired) electrons. The molecule has 0 aliphatic carbocycles. The predicted octanol–water partition coefficient (Wildman–Crippen LogP) is 3.46. The van der Waals surface area contributed by atoms with Gasteiger partial charge in [-0.25, -0.2) is 0 Å². The Bertz CT molecular complexity index is 575. The van der Waals surface area contributed by atoms with E-state index >= 15 is 0 Å². The zero-order chi connectivity index (χ0) is 14.0. The summed E-state index contributed by atoms with van der Waals surface area (Å²) < 4.78 is 10.5. The highest BCUT2D eigenvalue weighted by Crippen LogP contribution is 2.35. The van der Waals surface area contributed by atoms with Crippen molar-refractivity contribution in [2.45, 2.75) is 20.0 Å². The van der Waals surface area contributed by atoms with Crippen molar-refractivity contribution in [1.29, 1.82) is 0 Å². The number of benzene rings is 1. The summed E-state index contributed by atoms with van der Waals surface area (Å²) in [5.41, 5.74) is 1.92. The monoisotopic (exact) mass is 278 g/mol. The predicted molar refractivity (Wildman–Crippen MR) is 77.4 cm³/mol. The fourth-order valence-corrected chi connectivity index (χ4v) is 3.16. The quantitative estimate of drug-likeness (QED) is 0.930. The van der Waals surface area contributed by atoms with Crippen molar-refractivity contribution in [2.75, 3.05) is 14.2 Å². The lowest BCUT2D eigenvalue weighted by molar-refractivity contribution is 0.222. The first-order chi connectivity index (χ1) is 9.06. The first kappa shape index (κ1) is 13.9. The summed E-state index contributed by atoms with van der Waals surface area (Å²) in [6.07, 6.45) is -0.626. The van der Waals surface area contributed by atoms with Gasteiger partial charge >= 0.3 is 0 Å². The largest absolute Gasteiger partial charge is 0.493 e. The van der Waals surface area contributed by atoms with Crippen LogP contribution in [0.2, 0.25) is 0 Å². The van der Waals surface area contributed by atoms with Gasteiger partial charge in [0.25, 0.3) is 0 Å². The first-order valence-corrected chi connectivity index (χ1v) is 6.85. The van der Waals surface area contributed by atoms with E-state index in [1.807, 2.05) is 32.0 Å². The van der Waals surface area contributed by atoms with E-state index in [9.17, 15) is 5.11 Å². The van der Waals surface area contributed by atoms with E-state index in [2.05, 4.69) is 6.07 Å². The molecule has 0 saturated heterocycles. The van der Waals surface area contributed by atoms with Crippen molar-refractivity contribution < 1.29 is 14.6 Å². The van der Waals surface area contributed by atoms with Gasteiger partial charge in [0, 0.05) is 9.75 Å². The molecule has 102 valence electrons. The summed E-state index contributed by atoms with van der Waals surface area (Å²) >= 11 is 1.62. The Balaban J connectivity index is 2.39. The van der Waals surface area contributed by atoms with E-state index in [0.717, 1.165) is 16.0 Å². The van der Waals surface area contributed by atoms with Crippen LogP contribution in [0.5, 0.6) is 11.5 Å². The lowest BCUT2D eigenvalue weighted by atomic mass is 10.1. The molecule has 1 aromatic carbocycles. The Morgan fingerprint density at radius 1 is 1.05 bits per heavy atom. The molecule has 0 aliphatic rings. The average molecular weight is 278 g/mol. The maximum Gasteiger partial charge on any atom is 0.161 e. The second-order valence-electron chi connectivity index (χ2n) is 4.42. The molecule has 1 aromatic heterocycles. The smallest absolute Gasteiger partial charge is 0.161 e. The summed E-state index contributed by atoms with van der Waals surface area (Å²) in [7, 11) is 3.19. The number of rotatable bonds is 4. The molecule has 0 fully saturated rings. The van der Waals surface area contributed by atoms with E-state index in [1.54, 1.807) is 25.6 Å². The number of thiophene rings is 1. The summed E-state index contributed by atoms with van der Waals surface area (Å²) in [6.45, 7) is 4.06. The van der Waals surface area contributed by atoms with Crippen molar-refractivity contribution >= 4 is 11.3 Å². The van der Waals surface area contributed by atoms with Crippen LogP contribution >= 0.6 is 11.3 Å². The molecule has 2 rings (SSSR count). The number of ether oxygens (including phenoxy) is 2. The molecule has 2 aromatic rings. The minimum absolute atomic E-state index is 0.626. The van der Waals surface area contributed by atoms with Gasteiger partial charge in [0.2, 0.25) is 0 Å². The Morgan fingerprint density at radius 2 is 1.74 bits per heavy atom. The van der Waals surface area contributed by atoms with Gasteiger partial charge in [0.1, 0.15) is 6.10 Å². The van der Waals surface area contributed by atoms with Gasteiger partial charge in [-0.05, 0) is 43.2 Å². The highest BCUT2D eigenvalue weighted by atomic mass is 32.1. The van der Waals surface area contributed by atoms with Crippen LogP contribution in [0.3, 0.4) is 0 Å². The number of methoxy groups -OCH3 is 2. The number of aliphatic hydroxyl groups excluding tert-OH is 1. The van der Waals surface area contributed by atoms with Gasteiger partial charge in [-0.2, -0.15) is 0 Å². The lowest BCUT2D eigenvalue weighted by Gasteiger charge is -2.14. The molecule has 4 heteroatoms. The van der Waals surface area contributed by atoms with Crippen molar-refractivity contribution in [3.05, 3.63) is 45.1 Å². The van der Waals surface area contributed by atoms with Crippen molar-refractivity contribution in [1.82, 2.24) is 0 Å². The van der Waals surface area contributed by atoms with Crippen LogP contribution in [0, 0.1) is 13.8 Å². The fraction of sp³-hybridized carbons (Fsp3) is 0.333.